The van der Waals surface area contributed by atoms with E-state index in [4.69, 9.17) is 0 Å². The standard InChI is InChI=1S/C27H29N3O2/c1-18(27(31)32)21-10-9-20(8-5-19-6-12-24(13-7-19)29(2)3)25(16-21)22-11-14-26-23(15-22)17-28-30(26)4/h6-7,9-18H,5,8H2,1-4H3,(H,31,32). The summed E-state index contributed by atoms with van der Waals surface area (Å²) in [5.74, 6) is -1.36. The van der Waals surface area contributed by atoms with Gasteiger partial charge in [-0.15, -0.1) is 0 Å². The van der Waals surface area contributed by atoms with Crippen LogP contribution in [-0.2, 0) is 24.7 Å². The molecule has 0 amide bonds. The van der Waals surface area contributed by atoms with E-state index in [0.29, 0.717) is 0 Å². The lowest BCUT2D eigenvalue weighted by molar-refractivity contribution is -0.138. The minimum absolute atomic E-state index is 0.552. The Morgan fingerprint density at radius 2 is 1.78 bits per heavy atom. The minimum atomic E-state index is -0.813. The van der Waals surface area contributed by atoms with Crippen molar-refractivity contribution in [1.82, 2.24) is 9.78 Å². The molecule has 0 bridgehead atoms. The molecule has 0 aliphatic rings. The molecule has 1 atom stereocenters. The van der Waals surface area contributed by atoms with Gasteiger partial charge in [-0.05, 0) is 71.8 Å². The Kier molecular flexibility index (Phi) is 5.99. The molecule has 1 unspecified atom stereocenters. The van der Waals surface area contributed by atoms with Crippen LogP contribution in [0.2, 0.25) is 0 Å². The van der Waals surface area contributed by atoms with Crippen LogP contribution in [0.3, 0.4) is 0 Å². The summed E-state index contributed by atoms with van der Waals surface area (Å²) in [5.41, 5.74) is 7.75. The zero-order valence-electron chi connectivity index (χ0n) is 19.0. The van der Waals surface area contributed by atoms with Gasteiger partial charge < -0.3 is 10.0 Å². The third kappa shape index (κ3) is 4.37. The van der Waals surface area contributed by atoms with Gasteiger partial charge in [0, 0.05) is 32.2 Å². The normalized spacial score (nSPS) is 12.1. The fourth-order valence-electron chi connectivity index (χ4n) is 4.06. The van der Waals surface area contributed by atoms with Crippen molar-refractivity contribution in [2.75, 3.05) is 19.0 Å². The number of fused-ring (bicyclic) bond motifs is 1. The molecule has 5 heteroatoms. The van der Waals surface area contributed by atoms with Crippen molar-refractivity contribution in [3.63, 3.8) is 0 Å². The molecule has 1 heterocycles. The molecular weight excluding hydrogens is 398 g/mol. The lowest BCUT2D eigenvalue weighted by Gasteiger charge is -2.16. The molecule has 0 spiro atoms. The van der Waals surface area contributed by atoms with Gasteiger partial charge in [0.1, 0.15) is 0 Å². The quantitative estimate of drug-likeness (QED) is 0.436. The van der Waals surface area contributed by atoms with E-state index in [1.165, 1.54) is 16.8 Å². The first-order chi connectivity index (χ1) is 15.3. The zero-order valence-corrected chi connectivity index (χ0v) is 19.0. The Balaban J connectivity index is 1.69. The van der Waals surface area contributed by atoms with Crippen LogP contribution in [0, 0.1) is 0 Å². The first-order valence-electron chi connectivity index (χ1n) is 10.9. The molecule has 3 aromatic carbocycles. The fraction of sp³-hybridized carbons (Fsp3) is 0.259. The number of carboxylic acid groups (broad SMARTS) is 1. The second kappa shape index (κ2) is 8.87. The maximum Gasteiger partial charge on any atom is 0.310 e. The molecule has 4 aromatic rings. The number of hydrogen-bond donors (Lipinski definition) is 1. The Morgan fingerprint density at radius 1 is 1.03 bits per heavy atom. The summed E-state index contributed by atoms with van der Waals surface area (Å²) < 4.78 is 1.86. The Morgan fingerprint density at radius 3 is 2.47 bits per heavy atom. The first-order valence-corrected chi connectivity index (χ1v) is 10.9. The fourth-order valence-corrected chi connectivity index (χ4v) is 4.06. The Hall–Kier alpha value is -3.60. The van der Waals surface area contributed by atoms with Gasteiger partial charge in [0.2, 0.25) is 0 Å². The third-order valence-electron chi connectivity index (χ3n) is 6.20. The zero-order chi connectivity index (χ0) is 22.8. The van der Waals surface area contributed by atoms with Crippen LogP contribution in [0.25, 0.3) is 22.0 Å². The number of hydrogen-bond acceptors (Lipinski definition) is 3. The van der Waals surface area contributed by atoms with Gasteiger partial charge in [-0.1, -0.05) is 36.4 Å². The van der Waals surface area contributed by atoms with Crippen molar-refractivity contribution in [3.05, 3.63) is 83.6 Å². The molecule has 0 saturated heterocycles. The second-order valence-electron chi connectivity index (χ2n) is 8.58. The molecule has 0 fully saturated rings. The number of anilines is 1. The maximum absolute atomic E-state index is 11.6. The molecular formula is C27H29N3O2. The number of aromatic nitrogens is 2. The predicted molar refractivity (Wildman–Crippen MR) is 130 cm³/mol. The van der Waals surface area contributed by atoms with Gasteiger partial charge in [-0.2, -0.15) is 5.10 Å². The van der Waals surface area contributed by atoms with Crippen molar-refractivity contribution in [2.45, 2.75) is 25.7 Å². The maximum atomic E-state index is 11.6. The summed E-state index contributed by atoms with van der Waals surface area (Å²) in [7, 11) is 6.02. The van der Waals surface area contributed by atoms with Crippen molar-refractivity contribution < 1.29 is 9.90 Å². The molecule has 1 aromatic heterocycles. The topological polar surface area (TPSA) is 58.4 Å². The number of aliphatic carboxylic acids is 1. The van der Waals surface area contributed by atoms with E-state index < -0.39 is 11.9 Å². The predicted octanol–water partition coefficient (Wildman–Crippen LogP) is 5.28. The number of nitrogens with zero attached hydrogens (tertiary/aromatic N) is 3. The van der Waals surface area contributed by atoms with Gasteiger partial charge in [0.15, 0.2) is 0 Å². The average Bonchev–Trinajstić information content (AvgIpc) is 3.17. The van der Waals surface area contributed by atoms with Crippen LogP contribution >= 0.6 is 0 Å². The van der Waals surface area contributed by atoms with E-state index in [1.54, 1.807) is 6.92 Å². The average molecular weight is 428 g/mol. The summed E-state index contributed by atoms with van der Waals surface area (Å²) >= 11 is 0. The number of carbonyl (C=O) groups is 1. The molecule has 164 valence electrons. The van der Waals surface area contributed by atoms with Crippen LogP contribution in [0.1, 0.15) is 29.5 Å². The van der Waals surface area contributed by atoms with E-state index in [0.717, 1.165) is 40.4 Å². The molecule has 0 saturated carbocycles. The molecule has 4 rings (SSSR count). The van der Waals surface area contributed by atoms with Gasteiger partial charge in [0.05, 0.1) is 17.6 Å². The molecule has 0 aliphatic carbocycles. The Labute approximate surface area is 188 Å². The highest BCUT2D eigenvalue weighted by molar-refractivity contribution is 5.86. The summed E-state index contributed by atoms with van der Waals surface area (Å²) in [6, 6.07) is 21.0. The lowest BCUT2D eigenvalue weighted by atomic mass is 9.90. The number of carboxylic acids is 1. The summed E-state index contributed by atoms with van der Waals surface area (Å²) in [5, 5.41) is 14.9. The van der Waals surface area contributed by atoms with Crippen molar-refractivity contribution in [1.29, 1.82) is 0 Å². The highest BCUT2D eigenvalue weighted by Gasteiger charge is 2.17. The molecule has 0 aliphatic heterocycles. The van der Waals surface area contributed by atoms with E-state index in [-0.39, 0.29) is 0 Å². The van der Waals surface area contributed by atoms with E-state index in [1.807, 2.05) is 44.2 Å². The Bertz CT molecular complexity index is 1260. The van der Waals surface area contributed by atoms with E-state index in [9.17, 15) is 9.90 Å². The van der Waals surface area contributed by atoms with E-state index in [2.05, 4.69) is 58.5 Å². The third-order valence-corrected chi connectivity index (χ3v) is 6.20. The minimum Gasteiger partial charge on any atom is -0.481 e. The first kappa shape index (κ1) is 21.6. The lowest BCUT2D eigenvalue weighted by Crippen LogP contribution is -2.08. The van der Waals surface area contributed by atoms with Gasteiger partial charge >= 0.3 is 5.97 Å². The second-order valence-corrected chi connectivity index (χ2v) is 8.58. The van der Waals surface area contributed by atoms with Crippen LogP contribution < -0.4 is 4.90 Å². The number of rotatable bonds is 7. The smallest absolute Gasteiger partial charge is 0.310 e. The van der Waals surface area contributed by atoms with Crippen LogP contribution in [0.4, 0.5) is 5.69 Å². The highest BCUT2D eigenvalue weighted by Crippen LogP contribution is 2.31. The number of aryl methyl sites for hydroxylation is 3. The van der Waals surface area contributed by atoms with Crippen molar-refractivity contribution >= 4 is 22.6 Å². The molecule has 5 nitrogen and oxygen atoms in total. The van der Waals surface area contributed by atoms with Crippen LogP contribution in [-0.4, -0.2) is 35.0 Å². The highest BCUT2D eigenvalue weighted by atomic mass is 16.4. The summed E-state index contributed by atoms with van der Waals surface area (Å²) in [6.07, 6.45) is 3.67. The van der Waals surface area contributed by atoms with Crippen LogP contribution in [0.15, 0.2) is 66.9 Å². The SMILES string of the molecule is CC(C(=O)O)c1ccc(CCc2ccc(N(C)C)cc2)c(-c2ccc3c(cnn3C)c2)c1. The van der Waals surface area contributed by atoms with Gasteiger partial charge in [-0.3, -0.25) is 9.48 Å². The van der Waals surface area contributed by atoms with E-state index >= 15 is 0 Å². The summed E-state index contributed by atoms with van der Waals surface area (Å²) in [6.45, 7) is 1.73. The van der Waals surface area contributed by atoms with Gasteiger partial charge in [0.25, 0.3) is 0 Å². The number of benzene rings is 3. The van der Waals surface area contributed by atoms with Crippen LogP contribution in [0.5, 0.6) is 0 Å². The van der Waals surface area contributed by atoms with Crippen molar-refractivity contribution in [3.8, 4) is 11.1 Å². The molecule has 0 radical (unpaired) electrons. The molecule has 1 N–H and O–H groups in total. The monoisotopic (exact) mass is 427 g/mol. The van der Waals surface area contributed by atoms with Gasteiger partial charge in [-0.25, -0.2) is 0 Å². The largest absolute Gasteiger partial charge is 0.481 e. The van der Waals surface area contributed by atoms with Crippen molar-refractivity contribution in [2.24, 2.45) is 7.05 Å². The summed E-state index contributed by atoms with van der Waals surface area (Å²) in [4.78, 5) is 13.7. The molecule has 32 heavy (non-hydrogen) atoms.